The van der Waals surface area contributed by atoms with Gasteiger partial charge in [-0.1, -0.05) is 35.9 Å². The molecule has 0 radical (unpaired) electrons. The van der Waals surface area contributed by atoms with Gasteiger partial charge in [0.2, 0.25) is 11.8 Å². The minimum Gasteiger partial charge on any atom is -0.325 e. The molecule has 0 aliphatic rings. The molecule has 5 heteroatoms. The largest absolute Gasteiger partial charge is 0.325 e. The van der Waals surface area contributed by atoms with Gasteiger partial charge < -0.3 is 10.6 Å². The first kappa shape index (κ1) is 18.1. The maximum atomic E-state index is 12.2. The van der Waals surface area contributed by atoms with E-state index in [0.29, 0.717) is 0 Å². The summed E-state index contributed by atoms with van der Waals surface area (Å²) in [6.45, 7) is 5.75. The van der Waals surface area contributed by atoms with Crippen LogP contribution >= 0.6 is 11.8 Å². The Morgan fingerprint density at radius 1 is 1.00 bits per heavy atom. The van der Waals surface area contributed by atoms with Crippen LogP contribution in [-0.4, -0.2) is 22.8 Å². The summed E-state index contributed by atoms with van der Waals surface area (Å²) in [5, 5.41) is 5.42. The van der Waals surface area contributed by atoms with Crippen LogP contribution in [0.5, 0.6) is 0 Å². The van der Waals surface area contributed by atoms with E-state index in [9.17, 15) is 9.59 Å². The molecule has 126 valence electrons. The maximum Gasteiger partial charge on any atom is 0.237 e. The maximum absolute atomic E-state index is 12.2. The number of carbonyl (C=O) groups is 2. The molecule has 2 N–H and O–H groups in total. The molecule has 0 saturated carbocycles. The smallest absolute Gasteiger partial charge is 0.237 e. The Balaban J connectivity index is 1.80. The third-order valence-corrected chi connectivity index (χ3v) is 4.71. The summed E-state index contributed by atoms with van der Waals surface area (Å²) in [6.07, 6.45) is 0. The zero-order valence-electron chi connectivity index (χ0n) is 14.1. The first-order valence-electron chi connectivity index (χ1n) is 7.80. The zero-order valence-corrected chi connectivity index (χ0v) is 14.9. The molecule has 2 amide bonds. The lowest BCUT2D eigenvalue weighted by atomic mass is 10.2. The SMILES string of the molecule is Cc1ccc(NC(=O)CSC(C)C(=O)Nc2ccccc2C)cc1. The average Bonchev–Trinajstić information content (AvgIpc) is 2.56. The fraction of sp³-hybridized carbons (Fsp3) is 0.263. The molecule has 0 saturated heterocycles. The van der Waals surface area contributed by atoms with Gasteiger partial charge in [-0.15, -0.1) is 11.8 Å². The molecule has 0 spiro atoms. The fourth-order valence-corrected chi connectivity index (χ4v) is 2.74. The summed E-state index contributed by atoms with van der Waals surface area (Å²) in [7, 11) is 0. The van der Waals surface area contributed by atoms with Crippen molar-refractivity contribution in [2.24, 2.45) is 0 Å². The second kappa shape index (κ2) is 8.55. The topological polar surface area (TPSA) is 58.2 Å². The molecule has 2 rings (SSSR count). The van der Waals surface area contributed by atoms with E-state index >= 15 is 0 Å². The first-order chi connectivity index (χ1) is 11.5. The van der Waals surface area contributed by atoms with Gasteiger partial charge in [0.1, 0.15) is 0 Å². The number of carbonyl (C=O) groups excluding carboxylic acids is 2. The van der Waals surface area contributed by atoms with Crippen LogP contribution in [0.15, 0.2) is 48.5 Å². The van der Waals surface area contributed by atoms with Crippen molar-refractivity contribution in [3.8, 4) is 0 Å². The van der Waals surface area contributed by atoms with Crippen LogP contribution in [0.3, 0.4) is 0 Å². The van der Waals surface area contributed by atoms with Crippen molar-refractivity contribution in [3.05, 3.63) is 59.7 Å². The van der Waals surface area contributed by atoms with Crippen molar-refractivity contribution in [3.63, 3.8) is 0 Å². The number of nitrogens with one attached hydrogen (secondary N) is 2. The summed E-state index contributed by atoms with van der Waals surface area (Å²) in [5.41, 5.74) is 3.73. The summed E-state index contributed by atoms with van der Waals surface area (Å²) < 4.78 is 0. The van der Waals surface area contributed by atoms with E-state index in [4.69, 9.17) is 0 Å². The number of amides is 2. The van der Waals surface area contributed by atoms with Crippen molar-refractivity contribution in [2.45, 2.75) is 26.0 Å². The molecule has 1 unspecified atom stereocenters. The van der Waals surface area contributed by atoms with Crippen LogP contribution in [0.1, 0.15) is 18.1 Å². The van der Waals surface area contributed by atoms with Gasteiger partial charge in [0.25, 0.3) is 0 Å². The Bertz CT molecular complexity index is 714. The summed E-state index contributed by atoms with van der Waals surface area (Å²) >= 11 is 1.32. The number of para-hydroxylation sites is 1. The minimum atomic E-state index is -0.312. The van der Waals surface area contributed by atoms with E-state index in [1.54, 1.807) is 6.92 Å². The minimum absolute atomic E-state index is 0.0996. The predicted molar refractivity (Wildman–Crippen MR) is 102 cm³/mol. The summed E-state index contributed by atoms with van der Waals surface area (Å²) in [4.78, 5) is 24.2. The number of thioether (sulfide) groups is 1. The Labute approximate surface area is 147 Å². The molecule has 0 bridgehead atoms. The van der Waals surface area contributed by atoms with E-state index in [2.05, 4.69) is 10.6 Å². The molecule has 24 heavy (non-hydrogen) atoms. The van der Waals surface area contributed by atoms with Gasteiger partial charge >= 0.3 is 0 Å². The Kier molecular flexibility index (Phi) is 6.44. The highest BCUT2D eigenvalue weighted by Crippen LogP contribution is 2.17. The Morgan fingerprint density at radius 2 is 1.67 bits per heavy atom. The lowest BCUT2D eigenvalue weighted by molar-refractivity contribution is -0.115. The first-order valence-corrected chi connectivity index (χ1v) is 8.85. The van der Waals surface area contributed by atoms with Gasteiger partial charge in [0.05, 0.1) is 11.0 Å². The van der Waals surface area contributed by atoms with Gasteiger partial charge in [-0.2, -0.15) is 0 Å². The Morgan fingerprint density at radius 3 is 2.33 bits per heavy atom. The molecule has 0 heterocycles. The molecule has 0 aliphatic carbocycles. The molecular formula is C19H22N2O2S. The number of hydrogen-bond acceptors (Lipinski definition) is 3. The second-order valence-corrected chi connectivity index (χ2v) is 7.00. The molecule has 2 aromatic rings. The number of aryl methyl sites for hydroxylation is 2. The molecule has 1 atom stereocenters. The van der Waals surface area contributed by atoms with Crippen LogP contribution in [0.25, 0.3) is 0 Å². The van der Waals surface area contributed by atoms with Crippen molar-refractivity contribution in [2.75, 3.05) is 16.4 Å². The third-order valence-electron chi connectivity index (χ3n) is 3.57. The van der Waals surface area contributed by atoms with E-state index in [0.717, 1.165) is 22.5 Å². The standard InChI is InChI=1S/C19H22N2O2S/c1-13-8-10-16(11-9-13)20-18(22)12-24-15(3)19(23)21-17-7-5-4-6-14(17)2/h4-11,15H,12H2,1-3H3,(H,20,22)(H,21,23). The number of hydrogen-bond donors (Lipinski definition) is 2. The van der Waals surface area contributed by atoms with Crippen molar-refractivity contribution < 1.29 is 9.59 Å². The van der Waals surface area contributed by atoms with Gasteiger partial charge in [0.15, 0.2) is 0 Å². The number of rotatable bonds is 6. The van der Waals surface area contributed by atoms with E-state index in [1.807, 2.05) is 62.4 Å². The zero-order chi connectivity index (χ0) is 17.5. The normalized spacial score (nSPS) is 11.6. The highest BCUT2D eigenvalue weighted by molar-refractivity contribution is 8.01. The fourth-order valence-electron chi connectivity index (χ4n) is 2.06. The molecule has 0 aliphatic heterocycles. The third kappa shape index (κ3) is 5.42. The lowest BCUT2D eigenvalue weighted by Gasteiger charge is -2.13. The van der Waals surface area contributed by atoms with Gasteiger partial charge in [-0.05, 0) is 44.5 Å². The van der Waals surface area contributed by atoms with Crippen LogP contribution in [0.4, 0.5) is 11.4 Å². The summed E-state index contributed by atoms with van der Waals surface area (Å²) in [6, 6.07) is 15.3. The summed E-state index contributed by atoms with van der Waals surface area (Å²) in [5.74, 6) is 0.0211. The Hall–Kier alpha value is -2.27. The predicted octanol–water partition coefficient (Wildman–Crippen LogP) is 4.00. The molecule has 4 nitrogen and oxygen atoms in total. The van der Waals surface area contributed by atoms with Gasteiger partial charge in [0, 0.05) is 11.4 Å². The average molecular weight is 342 g/mol. The van der Waals surface area contributed by atoms with Gasteiger partial charge in [-0.3, -0.25) is 9.59 Å². The number of anilines is 2. The molecule has 0 aromatic heterocycles. The highest BCUT2D eigenvalue weighted by Gasteiger charge is 2.16. The van der Waals surface area contributed by atoms with E-state index in [1.165, 1.54) is 11.8 Å². The quantitative estimate of drug-likeness (QED) is 0.834. The lowest BCUT2D eigenvalue weighted by Crippen LogP contribution is -2.25. The second-order valence-electron chi connectivity index (χ2n) is 5.67. The molecule has 2 aromatic carbocycles. The monoisotopic (exact) mass is 342 g/mol. The highest BCUT2D eigenvalue weighted by atomic mass is 32.2. The molecule has 0 fully saturated rings. The van der Waals surface area contributed by atoms with Crippen molar-refractivity contribution >= 4 is 35.0 Å². The van der Waals surface area contributed by atoms with Gasteiger partial charge in [-0.25, -0.2) is 0 Å². The van der Waals surface area contributed by atoms with Crippen LogP contribution in [0, 0.1) is 13.8 Å². The van der Waals surface area contributed by atoms with E-state index < -0.39 is 0 Å². The van der Waals surface area contributed by atoms with Crippen molar-refractivity contribution in [1.29, 1.82) is 0 Å². The molecular weight excluding hydrogens is 320 g/mol. The number of benzene rings is 2. The van der Waals surface area contributed by atoms with Crippen LogP contribution in [0.2, 0.25) is 0 Å². The van der Waals surface area contributed by atoms with Crippen LogP contribution in [-0.2, 0) is 9.59 Å². The van der Waals surface area contributed by atoms with E-state index in [-0.39, 0.29) is 22.8 Å². The van der Waals surface area contributed by atoms with Crippen LogP contribution < -0.4 is 10.6 Å². The van der Waals surface area contributed by atoms with Crippen molar-refractivity contribution in [1.82, 2.24) is 0 Å².